The Balaban J connectivity index is 2.82. The highest BCUT2D eigenvalue weighted by atomic mass is 32.2. The van der Waals surface area contributed by atoms with Gasteiger partial charge < -0.3 is 11.1 Å². The van der Waals surface area contributed by atoms with Gasteiger partial charge in [0.2, 0.25) is 0 Å². The van der Waals surface area contributed by atoms with Crippen molar-refractivity contribution in [2.75, 3.05) is 23.1 Å². The molecule has 0 fully saturated rings. The number of anilines is 2. The molecular formula is C12H17N3S. The predicted octanol–water partition coefficient (Wildman–Crippen LogP) is 2.69. The molecule has 3 nitrogen and oxygen atoms in total. The van der Waals surface area contributed by atoms with E-state index in [1.807, 2.05) is 0 Å². The first kappa shape index (κ1) is 12.7. The molecule has 0 aliphatic carbocycles. The Kier molecular flexibility index (Phi) is 5.00. The van der Waals surface area contributed by atoms with E-state index < -0.39 is 0 Å². The number of thioether (sulfide) groups is 1. The van der Waals surface area contributed by atoms with Crippen LogP contribution in [0, 0.1) is 11.3 Å². The summed E-state index contributed by atoms with van der Waals surface area (Å²) in [5.41, 5.74) is 8.05. The molecule has 0 aliphatic rings. The summed E-state index contributed by atoms with van der Waals surface area (Å²) < 4.78 is 0. The molecule has 3 N–H and O–H groups in total. The summed E-state index contributed by atoms with van der Waals surface area (Å²) in [5, 5.41) is 12.2. The average Bonchev–Trinajstić information content (AvgIpc) is 2.31. The van der Waals surface area contributed by atoms with Crippen LogP contribution in [0.2, 0.25) is 0 Å². The molecule has 0 aliphatic heterocycles. The second-order valence-electron chi connectivity index (χ2n) is 3.62. The van der Waals surface area contributed by atoms with E-state index in [9.17, 15) is 0 Å². The van der Waals surface area contributed by atoms with E-state index in [0.717, 1.165) is 17.9 Å². The predicted molar refractivity (Wildman–Crippen MR) is 71.7 cm³/mol. The van der Waals surface area contributed by atoms with Gasteiger partial charge in [-0.15, -0.1) is 0 Å². The molecule has 16 heavy (non-hydrogen) atoms. The maximum Gasteiger partial charge on any atom is 0.0992 e. The number of benzene rings is 1. The van der Waals surface area contributed by atoms with Crippen molar-refractivity contribution in [3.8, 4) is 6.07 Å². The van der Waals surface area contributed by atoms with Gasteiger partial charge in [-0.25, -0.2) is 0 Å². The van der Waals surface area contributed by atoms with Crippen molar-refractivity contribution in [2.24, 2.45) is 0 Å². The quantitative estimate of drug-likeness (QED) is 0.770. The minimum atomic E-state index is 0.395. The van der Waals surface area contributed by atoms with Gasteiger partial charge in [-0.3, -0.25) is 0 Å². The Hall–Kier alpha value is -1.34. The molecular weight excluding hydrogens is 218 g/mol. The van der Waals surface area contributed by atoms with Crippen LogP contribution in [0.25, 0.3) is 0 Å². The largest absolute Gasteiger partial charge is 0.397 e. The molecule has 0 heterocycles. The van der Waals surface area contributed by atoms with Crippen LogP contribution < -0.4 is 11.1 Å². The molecule has 0 saturated carbocycles. The minimum absolute atomic E-state index is 0.395. The maximum absolute atomic E-state index is 8.82. The monoisotopic (exact) mass is 235 g/mol. The van der Waals surface area contributed by atoms with E-state index in [0.29, 0.717) is 17.3 Å². The molecule has 1 aromatic rings. The third-order valence-electron chi connectivity index (χ3n) is 2.40. The maximum atomic E-state index is 8.82. The van der Waals surface area contributed by atoms with Crippen LogP contribution in [0.4, 0.5) is 11.4 Å². The van der Waals surface area contributed by atoms with E-state index >= 15 is 0 Å². The van der Waals surface area contributed by atoms with Crippen LogP contribution in [0.1, 0.15) is 18.9 Å². The van der Waals surface area contributed by atoms with Gasteiger partial charge in [0.05, 0.1) is 23.0 Å². The second kappa shape index (κ2) is 6.29. The summed E-state index contributed by atoms with van der Waals surface area (Å²) in [6.45, 7) is 2.14. The molecule has 0 aromatic heterocycles. The Morgan fingerprint density at radius 3 is 2.88 bits per heavy atom. The minimum Gasteiger partial charge on any atom is -0.397 e. The molecule has 0 bridgehead atoms. The van der Waals surface area contributed by atoms with Gasteiger partial charge in [0.1, 0.15) is 0 Å². The van der Waals surface area contributed by atoms with Crippen molar-refractivity contribution >= 4 is 23.1 Å². The molecule has 0 saturated heterocycles. The smallest absolute Gasteiger partial charge is 0.0992 e. The Morgan fingerprint density at radius 2 is 2.31 bits per heavy atom. The zero-order valence-electron chi connectivity index (χ0n) is 9.66. The van der Waals surface area contributed by atoms with Gasteiger partial charge in [-0.05, 0) is 30.9 Å². The standard InChI is InChI=1S/C12H17N3S/c1-3-10(8-16-2)15-12-6-9(7-13)4-5-11(12)14/h4-6,10,15H,3,8,14H2,1-2H3. The van der Waals surface area contributed by atoms with E-state index in [1.54, 1.807) is 30.0 Å². The zero-order valence-corrected chi connectivity index (χ0v) is 10.5. The molecule has 1 aromatic carbocycles. The number of nitriles is 1. The molecule has 86 valence electrons. The summed E-state index contributed by atoms with van der Waals surface area (Å²) in [7, 11) is 0. The van der Waals surface area contributed by atoms with Crippen molar-refractivity contribution in [1.29, 1.82) is 5.26 Å². The fourth-order valence-corrected chi connectivity index (χ4v) is 2.15. The topological polar surface area (TPSA) is 61.8 Å². The molecule has 1 atom stereocenters. The van der Waals surface area contributed by atoms with Gasteiger partial charge in [-0.1, -0.05) is 6.92 Å². The lowest BCUT2D eigenvalue weighted by atomic mass is 10.1. The van der Waals surface area contributed by atoms with Gasteiger partial charge in [0.15, 0.2) is 0 Å². The number of hydrogen-bond donors (Lipinski definition) is 2. The molecule has 1 rings (SSSR count). The summed E-state index contributed by atoms with van der Waals surface area (Å²) in [6.07, 6.45) is 3.12. The number of hydrogen-bond acceptors (Lipinski definition) is 4. The van der Waals surface area contributed by atoms with E-state index in [2.05, 4.69) is 24.6 Å². The number of nitrogens with one attached hydrogen (secondary N) is 1. The Morgan fingerprint density at radius 1 is 1.56 bits per heavy atom. The molecule has 1 unspecified atom stereocenters. The summed E-state index contributed by atoms with van der Waals surface area (Å²) in [5.74, 6) is 1.03. The Bertz CT molecular complexity index is 384. The van der Waals surface area contributed by atoms with Crippen molar-refractivity contribution in [1.82, 2.24) is 0 Å². The number of nitrogens with two attached hydrogens (primary N) is 1. The zero-order chi connectivity index (χ0) is 12.0. The SMILES string of the molecule is CCC(CSC)Nc1cc(C#N)ccc1N. The van der Waals surface area contributed by atoms with Gasteiger partial charge in [0.25, 0.3) is 0 Å². The summed E-state index contributed by atoms with van der Waals surface area (Å²) >= 11 is 1.80. The third-order valence-corrected chi connectivity index (χ3v) is 3.14. The lowest BCUT2D eigenvalue weighted by Gasteiger charge is -2.18. The normalized spacial score (nSPS) is 11.8. The first-order chi connectivity index (χ1) is 7.71. The lowest BCUT2D eigenvalue weighted by molar-refractivity contribution is 0.775. The number of nitrogens with zero attached hydrogens (tertiary/aromatic N) is 1. The fourth-order valence-electron chi connectivity index (χ4n) is 1.43. The van der Waals surface area contributed by atoms with Crippen LogP contribution in [-0.4, -0.2) is 18.1 Å². The molecule has 4 heteroatoms. The summed E-state index contributed by atoms with van der Waals surface area (Å²) in [6, 6.07) is 7.82. The van der Waals surface area contributed by atoms with E-state index in [1.165, 1.54) is 0 Å². The molecule has 0 amide bonds. The molecule has 0 radical (unpaired) electrons. The van der Waals surface area contributed by atoms with Crippen molar-refractivity contribution in [3.63, 3.8) is 0 Å². The van der Waals surface area contributed by atoms with Crippen LogP contribution in [-0.2, 0) is 0 Å². The number of nitrogen functional groups attached to an aromatic ring is 1. The van der Waals surface area contributed by atoms with Gasteiger partial charge in [-0.2, -0.15) is 17.0 Å². The number of rotatable bonds is 5. The van der Waals surface area contributed by atoms with E-state index in [4.69, 9.17) is 11.0 Å². The van der Waals surface area contributed by atoms with Crippen LogP contribution in [0.5, 0.6) is 0 Å². The second-order valence-corrected chi connectivity index (χ2v) is 4.53. The van der Waals surface area contributed by atoms with Crippen LogP contribution in [0.15, 0.2) is 18.2 Å². The Labute approximate surface area is 101 Å². The van der Waals surface area contributed by atoms with Crippen LogP contribution >= 0.6 is 11.8 Å². The average molecular weight is 235 g/mol. The lowest BCUT2D eigenvalue weighted by Crippen LogP contribution is -2.21. The highest BCUT2D eigenvalue weighted by Gasteiger charge is 2.07. The third kappa shape index (κ3) is 3.35. The molecule has 0 spiro atoms. The van der Waals surface area contributed by atoms with Crippen molar-refractivity contribution < 1.29 is 0 Å². The highest BCUT2D eigenvalue weighted by Crippen LogP contribution is 2.21. The fraction of sp³-hybridized carbons (Fsp3) is 0.417. The first-order valence-corrected chi connectivity index (χ1v) is 6.65. The van der Waals surface area contributed by atoms with E-state index in [-0.39, 0.29) is 0 Å². The van der Waals surface area contributed by atoms with Gasteiger partial charge >= 0.3 is 0 Å². The van der Waals surface area contributed by atoms with Crippen LogP contribution in [0.3, 0.4) is 0 Å². The van der Waals surface area contributed by atoms with Crippen molar-refractivity contribution in [2.45, 2.75) is 19.4 Å². The highest BCUT2D eigenvalue weighted by molar-refractivity contribution is 7.98. The van der Waals surface area contributed by atoms with Crippen molar-refractivity contribution in [3.05, 3.63) is 23.8 Å². The van der Waals surface area contributed by atoms with Gasteiger partial charge in [0, 0.05) is 11.8 Å². The first-order valence-electron chi connectivity index (χ1n) is 5.26. The summed E-state index contributed by atoms with van der Waals surface area (Å²) in [4.78, 5) is 0.